The van der Waals surface area contributed by atoms with Crippen LogP contribution in [0.1, 0.15) is 31.5 Å². The minimum atomic E-state index is -2.50. The van der Waals surface area contributed by atoms with Crippen LogP contribution in [0.25, 0.3) is 27.9 Å². The number of halogens is 4. The van der Waals surface area contributed by atoms with Crippen LogP contribution < -0.4 is 5.32 Å². The molecule has 2 fully saturated rings. The zero-order valence-corrected chi connectivity index (χ0v) is 20.4. The predicted molar refractivity (Wildman–Crippen MR) is 131 cm³/mol. The van der Waals surface area contributed by atoms with E-state index in [1.165, 1.54) is 4.57 Å². The smallest absolute Gasteiger partial charge is 0.256 e. The Morgan fingerprint density at radius 2 is 1.78 bits per heavy atom. The van der Waals surface area contributed by atoms with E-state index >= 15 is 0 Å². The number of nitrogens with one attached hydrogen (secondary N) is 1. The Bertz CT molecular complexity index is 1420. The molecular weight excluding hydrogens is 488 g/mol. The summed E-state index contributed by atoms with van der Waals surface area (Å²) < 4.78 is 54.5. The fraction of sp³-hybridized carbons (Fsp3) is 0.520. The van der Waals surface area contributed by atoms with Crippen molar-refractivity contribution in [1.82, 2.24) is 34.0 Å². The molecule has 0 unspecified atom stereocenters. The summed E-state index contributed by atoms with van der Waals surface area (Å²) in [5.41, 5.74) is 3.37. The van der Waals surface area contributed by atoms with Gasteiger partial charge in [0, 0.05) is 30.9 Å². The van der Waals surface area contributed by atoms with Gasteiger partial charge in [-0.2, -0.15) is 0 Å². The van der Waals surface area contributed by atoms with Crippen molar-refractivity contribution in [3.05, 3.63) is 36.4 Å². The summed E-state index contributed by atoms with van der Waals surface area (Å²) in [6.45, 7) is 2.64. The van der Waals surface area contributed by atoms with E-state index in [2.05, 4.69) is 25.4 Å². The molecule has 0 radical (unpaired) electrons. The van der Waals surface area contributed by atoms with E-state index in [4.69, 9.17) is 0 Å². The van der Waals surface area contributed by atoms with E-state index in [1.54, 1.807) is 23.7 Å². The van der Waals surface area contributed by atoms with Crippen molar-refractivity contribution in [2.75, 3.05) is 25.0 Å². The van der Waals surface area contributed by atoms with E-state index in [9.17, 15) is 17.6 Å². The monoisotopic (exact) mass is 516 g/mol. The van der Waals surface area contributed by atoms with Crippen molar-refractivity contribution >= 4 is 22.6 Å². The largest absolute Gasteiger partial charge is 0.350 e. The highest BCUT2D eigenvalue weighted by atomic mass is 19.3. The van der Waals surface area contributed by atoms with Crippen LogP contribution in [0, 0.1) is 12.3 Å². The Kier molecular flexibility index (Phi) is 6.01. The highest BCUT2D eigenvalue weighted by Crippen LogP contribution is 2.44. The van der Waals surface area contributed by atoms with E-state index in [0.29, 0.717) is 28.6 Å². The van der Waals surface area contributed by atoms with Crippen molar-refractivity contribution in [1.29, 1.82) is 0 Å². The maximum absolute atomic E-state index is 13.1. The molecule has 0 amide bonds. The molecule has 196 valence electrons. The van der Waals surface area contributed by atoms with Gasteiger partial charge in [0.05, 0.1) is 30.5 Å². The van der Waals surface area contributed by atoms with E-state index < -0.39 is 19.4 Å². The number of rotatable bonds is 7. The topological polar surface area (TPSA) is 76.2 Å². The van der Waals surface area contributed by atoms with Crippen molar-refractivity contribution in [3.8, 4) is 11.3 Å². The molecule has 2 aliphatic rings. The van der Waals surface area contributed by atoms with Gasteiger partial charge in [-0.25, -0.2) is 37.0 Å². The highest BCUT2D eigenvalue weighted by molar-refractivity contribution is 5.82. The second-order valence-electron chi connectivity index (χ2n) is 10.3. The third kappa shape index (κ3) is 4.62. The number of hydrogen-bond donors (Lipinski definition) is 1. The molecule has 5 heterocycles. The quantitative estimate of drug-likeness (QED) is 0.361. The number of imidazole rings is 1. The summed E-state index contributed by atoms with van der Waals surface area (Å²) >= 11 is 0. The zero-order valence-electron chi connectivity index (χ0n) is 20.4. The van der Waals surface area contributed by atoms with E-state index in [-0.39, 0.29) is 18.0 Å². The zero-order chi connectivity index (χ0) is 25.7. The van der Waals surface area contributed by atoms with Gasteiger partial charge in [0.25, 0.3) is 12.9 Å². The molecule has 4 aromatic heterocycles. The molecule has 0 bridgehead atoms. The first-order valence-electron chi connectivity index (χ1n) is 12.5. The van der Waals surface area contributed by atoms with Crippen LogP contribution in [0.5, 0.6) is 0 Å². The van der Waals surface area contributed by atoms with Crippen LogP contribution in [-0.4, -0.2) is 72.6 Å². The fourth-order valence-electron chi connectivity index (χ4n) is 5.90. The number of nitrogens with zero attached hydrogens (tertiary/aromatic N) is 7. The Hall–Kier alpha value is -3.28. The maximum Gasteiger partial charge on any atom is 0.256 e. The number of aryl methyl sites for hydroxylation is 1. The van der Waals surface area contributed by atoms with Crippen LogP contribution in [0.15, 0.2) is 30.6 Å². The number of hydrogen-bond acceptors (Lipinski definition) is 6. The van der Waals surface area contributed by atoms with Crippen molar-refractivity contribution in [2.45, 2.75) is 58.0 Å². The third-order valence-corrected chi connectivity index (χ3v) is 7.69. The van der Waals surface area contributed by atoms with Crippen LogP contribution in [0.3, 0.4) is 0 Å². The SMILES string of the molecule is Cc1nc2ccc(-c3ccn4nc(NC5CCC6(CC5)CN(CC(F)F)C6)ncc34)nc2n1CC(F)F. The van der Waals surface area contributed by atoms with Crippen LogP contribution in [0.4, 0.5) is 23.5 Å². The summed E-state index contributed by atoms with van der Waals surface area (Å²) in [6.07, 6.45) is 2.72. The lowest BCUT2D eigenvalue weighted by Gasteiger charge is -2.53. The third-order valence-electron chi connectivity index (χ3n) is 7.69. The first-order valence-corrected chi connectivity index (χ1v) is 12.5. The average molecular weight is 517 g/mol. The Morgan fingerprint density at radius 1 is 1.03 bits per heavy atom. The van der Waals surface area contributed by atoms with Crippen LogP contribution in [-0.2, 0) is 6.54 Å². The number of anilines is 1. The molecule has 1 N–H and O–H groups in total. The van der Waals surface area contributed by atoms with Crippen LogP contribution >= 0.6 is 0 Å². The number of fused-ring (bicyclic) bond motifs is 2. The normalized spacial score (nSPS) is 18.5. The molecule has 1 aliphatic carbocycles. The molecule has 12 heteroatoms. The number of aromatic nitrogens is 6. The van der Waals surface area contributed by atoms with E-state index in [1.807, 2.05) is 23.2 Å². The summed E-state index contributed by atoms with van der Waals surface area (Å²) in [6, 6.07) is 5.74. The van der Waals surface area contributed by atoms with Gasteiger partial charge >= 0.3 is 0 Å². The minimum Gasteiger partial charge on any atom is -0.350 e. The number of pyridine rings is 1. The summed E-state index contributed by atoms with van der Waals surface area (Å²) in [7, 11) is 0. The molecule has 8 nitrogen and oxygen atoms in total. The molecule has 1 saturated heterocycles. The lowest BCUT2D eigenvalue weighted by Crippen LogP contribution is -2.59. The van der Waals surface area contributed by atoms with Gasteiger partial charge in [0.1, 0.15) is 11.3 Å². The summed E-state index contributed by atoms with van der Waals surface area (Å²) in [5, 5.41) is 8.04. The Balaban J connectivity index is 1.15. The summed E-state index contributed by atoms with van der Waals surface area (Å²) in [4.78, 5) is 15.4. The molecule has 37 heavy (non-hydrogen) atoms. The molecule has 1 saturated carbocycles. The lowest BCUT2D eigenvalue weighted by molar-refractivity contribution is -0.0570. The standard InChI is InChI=1S/C25H28F4N8/c1-15-31-19-3-2-18(33-23(19)36(15)12-22(28)29)17-6-9-37-20(17)10-30-24(34-37)32-16-4-7-25(8-5-16)13-35(14-25)11-21(26)27/h2-3,6,9-10,16,21-22H,4-5,7-8,11-14H2,1H3,(H,32,34). The van der Waals surface area contributed by atoms with Gasteiger partial charge < -0.3 is 9.88 Å². The minimum absolute atomic E-state index is 0.126. The fourth-order valence-corrected chi connectivity index (χ4v) is 5.90. The number of alkyl halides is 4. The van der Waals surface area contributed by atoms with Gasteiger partial charge in [-0.3, -0.25) is 4.90 Å². The highest BCUT2D eigenvalue weighted by Gasteiger charge is 2.45. The first kappa shape index (κ1) is 24.1. The van der Waals surface area contributed by atoms with Gasteiger partial charge in [0.2, 0.25) is 5.95 Å². The second kappa shape index (κ2) is 9.23. The van der Waals surface area contributed by atoms with Crippen molar-refractivity contribution in [2.24, 2.45) is 5.41 Å². The second-order valence-corrected chi connectivity index (χ2v) is 10.3. The number of likely N-dealkylation sites (tertiary alicyclic amines) is 1. The molecule has 4 aromatic rings. The van der Waals surface area contributed by atoms with Crippen molar-refractivity contribution < 1.29 is 17.6 Å². The van der Waals surface area contributed by atoms with E-state index in [0.717, 1.165) is 49.9 Å². The molecular formula is C25H28F4N8. The summed E-state index contributed by atoms with van der Waals surface area (Å²) in [5.74, 6) is 1.02. The Labute approximate surface area is 210 Å². The lowest BCUT2D eigenvalue weighted by atomic mass is 9.67. The van der Waals surface area contributed by atoms with Gasteiger partial charge in [0.15, 0.2) is 5.65 Å². The molecule has 6 rings (SSSR count). The van der Waals surface area contributed by atoms with Gasteiger partial charge in [-0.1, -0.05) is 0 Å². The molecule has 0 atom stereocenters. The first-order chi connectivity index (χ1) is 17.8. The average Bonchev–Trinajstić information content (AvgIpc) is 3.39. The van der Waals surface area contributed by atoms with Gasteiger partial charge in [-0.15, -0.1) is 5.10 Å². The molecule has 1 aliphatic heterocycles. The van der Waals surface area contributed by atoms with Gasteiger partial charge in [-0.05, 0) is 56.2 Å². The van der Waals surface area contributed by atoms with Crippen LogP contribution in [0.2, 0.25) is 0 Å². The Morgan fingerprint density at radius 3 is 2.51 bits per heavy atom. The maximum atomic E-state index is 13.1. The predicted octanol–water partition coefficient (Wildman–Crippen LogP) is 4.64. The van der Waals surface area contributed by atoms with Crippen molar-refractivity contribution in [3.63, 3.8) is 0 Å². The molecule has 0 aromatic carbocycles. The molecule has 1 spiro atoms.